The van der Waals surface area contributed by atoms with Crippen molar-refractivity contribution in [3.05, 3.63) is 122 Å². The van der Waals surface area contributed by atoms with E-state index in [1.54, 1.807) is 6.26 Å². The Labute approximate surface area is 211 Å². The van der Waals surface area contributed by atoms with Crippen LogP contribution in [0.3, 0.4) is 0 Å². The Morgan fingerprint density at radius 2 is 1.17 bits per heavy atom. The molecule has 0 atom stereocenters. The summed E-state index contributed by atoms with van der Waals surface area (Å²) in [7, 11) is 0. The summed E-state index contributed by atoms with van der Waals surface area (Å²) >= 11 is 1.82. The molecular formula is C34H20OS. The minimum absolute atomic E-state index is 0.980. The number of thiophene rings is 1. The van der Waals surface area contributed by atoms with Crippen LogP contribution in [0.15, 0.2) is 126 Å². The second-order valence-electron chi connectivity index (χ2n) is 9.27. The van der Waals surface area contributed by atoms with E-state index in [1.165, 1.54) is 64.0 Å². The van der Waals surface area contributed by atoms with Gasteiger partial charge in [-0.15, -0.1) is 11.3 Å². The smallest absolute Gasteiger partial charge is 0.151 e. The minimum Gasteiger partial charge on any atom is -0.463 e. The Bertz CT molecular complexity index is 2040. The van der Waals surface area contributed by atoms with Crippen molar-refractivity contribution in [2.75, 3.05) is 0 Å². The van der Waals surface area contributed by atoms with Gasteiger partial charge in [-0.1, -0.05) is 103 Å². The van der Waals surface area contributed by atoms with Crippen LogP contribution in [0.2, 0.25) is 0 Å². The van der Waals surface area contributed by atoms with E-state index < -0.39 is 0 Å². The van der Waals surface area contributed by atoms with Gasteiger partial charge < -0.3 is 4.42 Å². The average molecular weight is 477 g/mol. The van der Waals surface area contributed by atoms with Crippen LogP contribution in [0.4, 0.5) is 0 Å². The number of benzene rings is 6. The largest absolute Gasteiger partial charge is 0.463 e. The summed E-state index contributed by atoms with van der Waals surface area (Å²) < 4.78 is 8.42. The summed E-state index contributed by atoms with van der Waals surface area (Å²) in [5.41, 5.74) is 6.09. The maximum atomic E-state index is 5.92. The number of fused-ring (bicyclic) bond motifs is 7. The molecule has 0 aliphatic heterocycles. The highest BCUT2D eigenvalue weighted by atomic mass is 32.1. The summed E-state index contributed by atoms with van der Waals surface area (Å²) in [5, 5.41) is 8.83. The Kier molecular flexibility index (Phi) is 4.16. The second kappa shape index (κ2) is 7.55. The van der Waals surface area contributed by atoms with Gasteiger partial charge in [0.1, 0.15) is 0 Å². The van der Waals surface area contributed by atoms with Crippen LogP contribution in [-0.2, 0) is 0 Å². The van der Waals surface area contributed by atoms with E-state index in [0.717, 1.165) is 11.0 Å². The van der Waals surface area contributed by atoms with Gasteiger partial charge in [-0.25, -0.2) is 0 Å². The quantitative estimate of drug-likeness (QED) is 0.226. The third kappa shape index (κ3) is 2.71. The van der Waals surface area contributed by atoms with Crippen LogP contribution in [0, 0.1) is 0 Å². The molecule has 0 aliphatic rings. The van der Waals surface area contributed by atoms with Crippen LogP contribution >= 0.6 is 11.3 Å². The zero-order valence-corrected chi connectivity index (χ0v) is 20.2. The third-order valence-electron chi connectivity index (χ3n) is 7.35. The zero-order valence-electron chi connectivity index (χ0n) is 19.4. The van der Waals surface area contributed by atoms with E-state index >= 15 is 0 Å². The first-order chi connectivity index (χ1) is 17.9. The first kappa shape index (κ1) is 19.9. The van der Waals surface area contributed by atoms with Gasteiger partial charge in [0, 0.05) is 20.9 Å². The molecule has 2 heteroatoms. The molecular weight excluding hydrogens is 456 g/mol. The molecule has 0 unspecified atom stereocenters. The van der Waals surface area contributed by atoms with Gasteiger partial charge in [0.2, 0.25) is 0 Å². The number of hydrogen-bond acceptors (Lipinski definition) is 2. The van der Waals surface area contributed by atoms with E-state index in [-0.39, 0.29) is 0 Å². The number of rotatable bonds is 2. The van der Waals surface area contributed by atoms with E-state index in [2.05, 4.69) is 109 Å². The molecule has 0 aliphatic carbocycles. The fourth-order valence-electron chi connectivity index (χ4n) is 5.85. The molecule has 8 rings (SSSR count). The van der Waals surface area contributed by atoms with Crippen molar-refractivity contribution in [3.63, 3.8) is 0 Å². The Morgan fingerprint density at radius 1 is 0.500 bits per heavy atom. The molecule has 0 spiro atoms. The summed E-state index contributed by atoms with van der Waals surface area (Å²) in [6.07, 6.45) is 1.79. The maximum Gasteiger partial charge on any atom is 0.151 e. The fraction of sp³-hybridized carbons (Fsp3) is 0. The van der Waals surface area contributed by atoms with Gasteiger partial charge >= 0.3 is 0 Å². The van der Waals surface area contributed by atoms with Crippen molar-refractivity contribution in [3.8, 4) is 22.3 Å². The zero-order chi connectivity index (χ0) is 23.6. The lowest BCUT2D eigenvalue weighted by Crippen LogP contribution is -1.91. The lowest BCUT2D eigenvalue weighted by Gasteiger charge is -2.18. The first-order valence-corrected chi connectivity index (χ1v) is 13.0. The van der Waals surface area contributed by atoms with Crippen molar-refractivity contribution in [2.24, 2.45) is 0 Å². The van der Waals surface area contributed by atoms with Gasteiger partial charge in [-0.05, 0) is 55.9 Å². The topological polar surface area (TPSA) is 13.1 Å². The molecule has 0 radical (unpaired) electrons. The molecule has 1 nitrogen and oxygen atoms in total. The van der Waals surface area contributed by atoms with E-state index in [4.69, 9.17) is 4.42 Å². The Morgan fingerprint density at radius 3 is 1.89 bits per heavy atom. The van der Waals surface area contributed by atoms with Crippen LogP contribution in [0.25, 0.3) is 74.9 Å². The third-order valence-corrected chi connectivity index (χ3v) is 8.52. The molecule has 0 fully saturated rings. The van der Waals surface area contributed by atoms with Crippen molar-refractivity contribution in [2.45, 2.75) is 0 Å². The molecule has 0 bridgehead atoms. The van der Waals surface area contributed by atoms with Gasteiger partial charge in [-0.3, -0.25) is 0 Å². The molecule has 0 saturated carbocycles. The summed E-state index contributed by atoms with van der Waals surface area (Å²) in [6.45, 7) is 0. The second-order valence-corrected chi connectivity index (χ2v) is 10.3. The van der Waals surface area contributed by atoms with Gasteiger partial charge in [0.25, 0.3) is 0 Å². The highest BCUT2D eigenvalue weighted by Gasteiger charge is 2.20. The first-order valence-electron chi connectivity index (χ1n) is 12.2. The lowest BCUT2D eigenvalue weighted by atomic mass is 9.85. The Balaban J connectivity index is 1.58. The summed E-state index contributed by atoms with van der Waals surface area (Å²) in [4.78, 5) is 0. The van der Waals surface area contributed by atoms with E-state index in [0.29, 0.717) is 0 Å². The van der Waals surface area contributed by atoms with Crippen molar-refractivity contribution < 1.29 is 4.42 Å². The molecule has 2 heterocycles. The average Bonchev–Trinajstić information content (AvgIpc) is 3.57. The Hall–Kier alpha value is -4.40. The highest BCUT2D eigenvalue weighted by Crippen LogP contribution is 2.48. The number of hydrogen-bond donors (Lipinski definition) is 0. The summed E-state index contributed by atoms with van der Waals surface area (Å²) in [6, 6.07) is 41.7. The van der Waals surface area contributed by atoms with E-state index in [1.807, 2.05) is 17.4 Å². The molecule has 6 aromatic carbocycles. The van der Waals surface area contributed by atoms with Crippen molar-refractivity contribution in [1.29, 1.82) is 0 Å². The van der Waals surface area contributed by atoms with Gasteiger partial charge in [0.05, 0.1) is 11.0 Å². The molecule has 2 aromatic heterocycles. The van der Waals surface area contributed by atoms with Crippen molar-refractivity contribution >= 4 is 64.0 Å². The standard InChI is InChI=1S/C34H20OS/c1-2-9-21(10-3-1)30-23-11-4-6-13-25(23)31(26-14-7-5-12-24(26)30)27-15-8-16-29-32(27)28-18-17-22-19-20-35-33(22)34(28)36-29/h1-20H. The molecule has 36 heavy (non-hydrogen) atoms. The predicted octanol–water partition coefficient (Wildman–Crippen LogP) is 10.4. The fourth-order valence-corrected chi connectivity index (χ4v) is 7.08. The molecule has 8 aromatic rings. The monoisotopic (exact) mass is 476 g/mol. The van der Waals surface area contributed by atoms with Crippen LogP contribution in [-0.4, -0.2) is 0 Å². The molecule has 0 saturated heterocycles. The van der Waals surface area contributed by atoms with Gasteiger partial charge in [0.15, 0.2) is 5.58 Å². The maximum absolute atomic E-state index is 5.92. The molecule has 0 amide bonds. The van der Waals surface area contributed by atoms with Crippen LogP contribution in [0.1, 0.15) is 0 Å². The van der Waals surface area contributed by atoms with Crippen molar-refractivity contribution in [1.82, 2.24) is 0 Å². The summed E-state index contributed by atoms with van der Waals surface area (Å²) in [5.74, 6) is 0. The normalized spacial score (nSPS) is 11.9. The van der Waals surface area contributed by atoms with E-state index in [9.17, 15) is 0 Å². The number of furan rings is 1. The minimum atomic E-state index is 0.980. The highest BCUT2D eigenvalue weighted by molar-refractivity contribution is 7.26. The SMILES string of the molecule is c1ccc(-c2c3ccccc3c(-c3cccc4sc5c(ccc6ccoc65)c34)c3ccccc23)cc1. The molecule has 168 valence electrons. The van der Waals surface area contributed by atoms with Crippen LogP contribution < -0.4 is 0 Å². The van der Waals surface area contributed by atoms with Gasteiger partial charge in [-0.2, -0.15) is 0 Å². The predicted molar refractivity (Wildman–Crippen MR) is 155 cm³/mol. The molecule has 0 N–H and O–H groups in total. The van der Waals surface area contributed by atoms with Crippen LogP contribution in [0.5, 0.6) is 0 Å². The lowest BCUT2D eigenvalue weighted by molar-refractivity contribution is 0.619.